The summed E-state index contributed by atoms with van der Waals surface area (Å²) in [5.41, 5.74) is 1.18. The Morgan fingerprint density at radius 3 is 2.85 bits per heavy atom. The number of hydrogen-bond donors (Lipinski definition) is 2. The van der Waals surface area contributed by atoms with E-state index >= 15 is 0 Å². The van der Waals surface area contributed by atoms with Crippen molar-refractivity contribution < 1.29 is 9.84 Å². The molecule has 0 spiro atoms. The molecule has 0 aliphatic heterocycles. The number of fused-ring (bicyclic) bond motifs is 1. The van der Waals surface area contributed by atoms with Gasteiger partial charge in [-0.2, -0.15) is 0 Å². The Bertz CT molecular complexity index is 578. The summed E-state index contributed by atoms with van der Waals surface area (Å²) in [5.74, 6) is 1.67. The zero-order valence-corrected chi connectivity index (χ0v) is 13.3. The Balaban J connectivity index is 2.12. The number of H-pyrrole nitrogens is 1. The molecule has 1 atom stereocenters. The van der Waals surface area contributed by atoms with E-state index in [0.29, 0.717) is 12.4 Å². The Kier molecular flexibility index (Phi) is 4.60. The van der Waals surface area contributed by atoms with Gasteiger partial charge in [0.25, 0.3) is 0 Å². The van der Waals surface area contributed by atoms with Crippen molar-refractivity contribution in [2.45, 2.75) is 38.5 Å². The molecule has 0 bridgehead atoms. The molecule has 0 saturated heterocycles. The second-order valence-electron chi connectivity index (χ2n) is 5.45. The second-order valence-corrected chi connectivity index (χ2v) is 6.42. The number of hydrogen-bond acceptors (Lipinski definition) is 4. The summed E-state index contributed by atoms with van der Waals surface area (Å²) in [6.07, 6.45) is 0. The summed E-state index contributed by atoms with van der Waals surface area (Å²) < 4.78 is 5.47. The molecule has 2 aromatic rings. The average molecular weight is 294 g/mol. The zero-order chi connectivity index (χ0) is 14.8. The molecule has 0 aliphatic carbocycles. The van der Waals surface area contributed by atoms with Crippen LogP contribution >= 0.6 is 11.8 Å². The van der Waals surface area contributed by atoms with Gasteiger partial charge in [-0.15, -0.1) is 0 Å². The van der Waals surface area contributed by atoms with Crippen molar-refractivity contribution >= 4 is 22.8 Å². The van der Waals surface area contributed by atoms with E-state index < -0.39 is 5.60 Å². The van der Waals surface area contributed by atoms with Gasteiger partial charge >= 0.3 is 0 Å². The maximum atomic E-state index is 10.3. The van der Waals surface area contributed by atoms with Crippen LogP contribution in [0.15, 0.2) is 23.4 Å². The SMILES string of the molecule is CCOc1ccc2nc(SCC(C)(O)C(C)C)[nH]c2c1. The molecule has 1 unspecified atom stereocenters. The second kappa shape index (κ2) is 6.06. The molecule has 0 saturated carbocycles. The highest BCUT2D eigenvalue weighted by atomic mass is 32.2. The summed E-state index contributed by atoms with van der Waals surface area (Å²) >= 11 is 1.54. The quantitative estimate of drug-likeness (QED) is 0.801. The van der Waals surface area contributed by atoms with Crippen molar-refractivity contribution in [2.75, 3.05) is 12.4 Å². The minimum Gasteiger partial charge on any atom is -0.494 e. The Labute approximate surface area is 123 Å². The Hall–Kier alpha value is -1.20. The summed E-state index contributed by atoms with van der Waals surface area (Å²) in [5, 5.41) is 11.1. The molecule has 0 radical (unpaired) electrons. The van der Waals surface area contributed by atoms with Crippen LogP contribution in [0.3, 0.4) is 0 Å². The van der Waals surface area contributed by atoms with Gasteiger partial charge in [0.05, 0.1) is 23.2 Å². The molecule has 1 aromatic heterocycles. The standard InChI is InChI=1S/C15H22N2O2S/c1-5-19-11-6-7-12-13(8-11)17-14(16-12)20-9-15(4,18)10(2)3/h6-8,10,18H,5,9H2,1-4H3,(H,16,17). The van der Waals surface area contributed by atoms with Crippen molar-refractivity contribution in [3.8, 4) is 5.75 Å². The van der Waals surface area contributed by atoms with Crippen LogP contribution in [0.5, 0.6) is 5.75 Å². The summed E-state index contributed by atoms with van der Waals surface area (Å²) in [6, 6.07) is 5.82. The van der Waals surface area contributed by atoms with Gasteiger partial charge in [0.15, 0.2) is 5.16 Å². The third kappa shape index (κ3) is 3.46. The first-order valence-corrected chi connectivity index (χ1v) is 7.88. The molecule has 0 aliphatic rings. The third-order valence-corrected chi connectivity index (χ3v) is 4.68. The van der Waals surface area contributed by atoms with Gasteiger partial charge in [-0.3, -0.25) is 0 Å². The number of aliphatic hydroxyl groups is 1. The number of ether oxygens (including phenoxy) is 1. The van der Waals surface area contributed by atoms with Crippen molar-refractivity contribution in [1.82, 2.24) is 9.97 Å². The van der Waals surface area contributed by atoms with Crippen LogP contribution < -0.4 is 4.74 Å². The number of nitrogens with zero attached hydrogens (tertiary/aromatic N) is 1. The van der Waals surface area contributed by atoms with E-state index in [4.69, 9.17) is 4.74 Å². The first kappa shape index (κ1) is 15.2. The maximum absolute atomic E-state index is 10.3. The van der Waals surface area contributed by atoms with Crippen LogP contribution in [-0.2, 0) is 0 Å². The monoisotopic (exact) mass is 294 g/mol. The van der Waals surface area contributed by atoms with Crippen LogP contribution in [-0.4, -0.2) is 33.0 Å². The van der Waals surface area contributed by atoms with Gasteiger partial charge in [0.1, 0.15) is 5.75 Å². The number of rotatable bonds is 6. The smallest absolute Gasteiger partial charge is 0.166 e. The van der Waals surface area contributed by atoms with Crippen molar-refractivity contribution in [3.63, 3.8) is 0 Å². The molecule has 1 aromatic carbocycles. The summed E-state index contributed by atoms with van der Waals surface area (Å²) in [6.45, 7) is 8.52. The summed E-state index contributed by atoms with van der Waals surface area (Å²) in [4.78, 5) is 7.78. The third-order valence-electron chi connectivity index (χ3n) is 3.49. The highest BCUT2D eigenvalue weighted by molar-refractivity contribution is 7.99. The van der Waals surface area contributed by atoms with E-state index in [1.54, 1.807) is 11.8 Å². The minimum absolute atomic E-state index is 0.212. The lowest BCUT2D eigenvalue weighted by atomic mass is 9.95. The molecular formula is C15H22N2O2S. The molecule has 2 rings (SSSR count). The first-order chi connectivity index (χ1) is 9.42. The van der Waals surface area contributed by atoms with Crippen molar-refractivity contribution in [3.05, 3.63) is 18.2 Å². The topological polar surface area (TPSA) is 58.1 Å². The highest BCUT2D eigenvalue weighted by Gasteiger charge is 2.25. The van der Waals surface area contributed by atoms with Gasteiger partial charge in [0, 0.05) is 11.8 Å². The van der Waals surface area contributed by atoms with Crippen LogP contribution in [0.2, 0.25) is 0 Å². The van der Waals surface area contributed by atoms with Gasteiger partial charge in [-0.25, -0.2) is 4.98 Å². The van der Waals surface area contributed by atoms with Gasteiger partial charge in [-0.1, -0.05) is 25.6 Å². The molecule has 4 nitrogen and oxygen atoms in total. The van der Waals surface area contributed by atoms with E-state index in [0.717, 1.165) is 21.9 Å². The average Bonchev–Trinajstić information content (AvgIpc) is 2.79. The predicted octanol–water partition coefficient (Wildman–Crippen LogP) is 3.46. The van der Waals surface area contributed by atoms with Gasteiger partial charge in [-0.05, 0) is 31.9 Å². The van der Waals surface area contributed by atoms with E-state index in [2.05, 4.69) is 9.97 Å². The number of aromatic nitrogens is 2. The molecular weight excluding hydrogens is 272 g/mol. The van der Waals surface area contributed by atoms with Crippen molar-refractivity contribution in [2.24, 2.45) is 5.92 Å². The van der Waals surface area contributed by atoms with E-state index in [9.17, 15) is 5.11 Å². The highest BCUT2D eigenvalue weighted by Crippen LogP contribution is 2.28. The normalized spacial score (nSPS) is 14.7. The Morgan fingerprint density at radius 1 is 1.45 bits per heavy atom. The van der Waals surface area contributed by atoms with E-state index in [1.165, 1.54) is 0 Å². The number of benzene rings is 1. The number of aromatic amines is 1. The lowest BCUT2D eigenvalue weighted by molar-refractivity contribution is 0.0376. The molecule has 110 valence electrons. The van der Waals surface area contributed by atoms with Crippen molar-refractivity contribution in [1.29, 1.82) is 0 Å². The maximum Gasteiger partial charge on any atom is 0.166 e. The fraction of sp³-hybridized carbons (Fsp3) is 0.533. The van der Waals surface area contributed by atoms with Crippen LogP contribution in [0.25, 0.3) is 11.0 Å². The Morgan fingerprint density at radius 2 is 2.20 bits per heavy atom. The minimum atomic E-state index is -0.694. The van der Waals surface area contributed by atoms with Crippen LogP contribution in [0.4, 0.5) is 0 Å². The molecule has 0 fully saturated rings. The van der Waals surface area contributed by atoms with E-state index in [-0.39, 0.29) is 5.92 Å². The predicted molar refractivity (Wildman–Crippen MR) is 83.4 cm³/mol. The molecule has 2 N–H and O–H groups in total. The van der Waals surface area contributed by atoms with Gasteiger partial charge < -0.3 is 14.8 Å². The zero-order valence-electron chi connectivity index (χ0n) is 12.4. The lowest BCUT2D eigenvalue weighted by Gasteiger charge is -2.26. The molecule has 1 heterocycles. The number of thioether (sulfide) groups is 1. The largest absolute Gasteiger partial charge is 0.494 e. The van der Waals surface area contributed by atoms with E-state index in [1.807, 2.05) is 45.9 Å². The molecule has 0 amide bonds. The van der Waals surface area contributed by atoms with Gasteiger partial charge in [0.2, 0.25) is 0 Å². The summed E-state index contributed by atoms with van der Waals surface area (Å²) in [7, 11) is 0. The molecule has 20 heavy (non-hydrogen) atoms. The van der Waals surface area contributed by atoms with Crippen LogP contribution in [0, 0.1) is 5.92 Å². The van der Waals surface area contributed by atoms with Crippen LogP contribution in [0.1, 0.15) is 27.7 Å². The lowest BCUT2D eigenvalue weighted by Crippen LogP contribution is -2.33. The number of nitrogens with one attached hydrogen (secondary N) is 1. The fourth-order valence-corrected chi connectivity index (χ4v) is 2.78. The fourth-order valence-electron chi connectivity index (χ4n) is 1.67. The first-order valence-electron chi connectivity index (χ1n) is 6.90. The number of imidazole rings is 1. The molecule has 5 heteroatoms.